The van der Waals surface area contributed by atoms with E-state index in [1.807, 2.05) is 31.5 Å². The summed E-state index contributed by atoms with van der Waals surface area (Å²) >= 11 is 0. The second kappa shape index (κ2) is 8.54. The molecule has 0 aliphatic carbocycles. The summed E-state index contributed by atoms with van der Waals surface area (Å²) in [7, 11) is -3.51. The number of quaternary nitrogens is 1. The van der Waals surface area contributed by atoms with E-state index in [2.05, 4.69) is 20.0 Å². The Hall–Kier alpha value is -2.04. The van der Waals surface area contributed by atoms with Gasteiger partial charge in [-0.2, -0.15) is 9.40 Å². The zero-order valence-electron chi connectivity index (χ0n) is 17.1. The van der Waals surface area contributed by atoms with Gasteiger partial charge in [0.1, 0.15) is 4.90 Å². The standard InChI is InChI=1S/C18H29N7O2S/c1-5-24(6-2)28(26,27)17-15(3)21-25(16(17)4)14-22-10-12-23(13-11-22)18-19-8-7-9-20-18/h7-9H,5-6,10-14H2,1-4H3/p+1. The van der Waals surface area contributed by atoms with Gasteiger partial charge in [0.2, 0.25) is 16.0 Å². The van der Waals surface area contributed by atoms with E-state index in [0.717, 1.165) is 32.1 Å². The Morgan fingerprint density at radius 3 is 2.29 bits per heavy atom. The quantitative estimate of drug-likeness (QED) is 0.676. The lowest BCUT2D eigenvalue weighted by molar-refractivity contribution is -0.924. The van der Waals surface area contributed by atoms with Crippen LogP contribution in [0.25, 0.3) is 0 Å². The van der Waals surface area contributed by atoms with Gasteiger partial charge in [0.05, 0.1) is 37.6 Å². The smallest absolute Gasteiger partial charge is 0.246 e. The molecule has 1 saturated heterocycles. The van der Waals surface area contributed by atoms with Crippen molar-refractivity contribution in [3.8, 4) is 0 Å². The predicted molar refractivity (Wildman–Crippen MR) is 107 cm³/mol. The fourth-order valence-electron chi connectivity index (χ4n) is 3.75. The summed E-state index contributed by atoms with van der Waals surface area (Å²) in [5, 5.41) is 4.55. The van der Waals surface area contributed by atoms with E-state index in [-0.39, 0.29) is 0 Å². The minimum Gasteiger partial charge on any atom is -0.330 e. The summed E-state index contributed by atoms with van der Waals surface area (Å²) in [5.41, 5.74) is 1.28. The van der Waals surface area contributed by atoms with Crippen LogP contribution < -0.4 is 9.80 Å². The third kappa shape index (κ3) is 4.03. The van der Waals surface area contributed by atoms with Crippen LogP contribution in [0.5, 0.6) is 0 Å². The Kier molecular flexibility index (Phi) is 6.31. The molecule has 0 saturated carbocycles. The van der Waals surface area contributed by atoms with Gasteiger partial charge in [0.25, 0.3) is 0 Å². The van der Waals surface area contributed by atoms with Gasteiger partial charge in [0, 0.05) is 25.5 Å². The second-order valence-corrected chi connectivity index (χ2v) is 8.91. The molecule has 0 unspecified atom stereocenters. The average Bonchev–Trinajstić information content (AvgIpc) is 2.97. The maximum atomic E-state index is 13.0. The second-order valence-electron chi connectivity index (χ2n) is 7.03. The average molecular weight is 409 g/mol. The van der Waals surface area contributed by atoms with Gasteiger partial charge in [-0.05, 0) is 19.9 Å². The molecule has 9 nitrogen and oxygen atoms in total. The molecular weight excluding hydrogens is 378 g/mol. The normalized spacial score (nSPS) is 16.1. The van der Waals surface area contributed by atoms with Crippen molar-refractivity contribution in [1.82, 2.24) is 24.1 Å². The Balaban J connectivity index is 1.71. The summed E-state index contributed by atoms with van der Waals surface area (Å²) in [5.74, 6) is 0.764. The first kappa shape index (κ1) is 20.7. The lowest BCUT2D eigenvalue weighted by Crippen LogP contribution is -3.14. The van der Waals surface area contributed by atoms with Crippen molar-refractivity contribution < 1.29 is 13.3 Å². The topological polar surface area (TPSA) is 88.7 Å². The van der Waals surface area contributed by atoms with Crippen LogP contribution in [0, 0.1) is 13.8 Å². The first-order valence-electron chi connectivity index (χ1n) is 9.78. The van der Waals surface area contributed by atoms with Crippen molar-refractivity contribution in [1.29, 1.82) is 0 Å². The molecular formula is C18H30N7O2S+. The third-order valence-electron chi connectivity index (χ3n) is 5.30. The lowest BCUT2D eigenvalue weighted by Gasteiger charge is -2.32. The number of piperazine rings is 1. The SMILES string of the molecule is CCN(CC)S(=O)(=O)c1c(C)nn(C[NH+]2CCN(c3ncccn3)CC2)c1C. The minimum atomic E-state index is -3.51. The Bertz CT molecular complexity index is 886. The van der Waals surface area contributed by atoms with E-state index >= 15 is 0 Å². The highest BCUT2D eigenvalue weighted by Gasteiger charge is 2.30. The molecule has 0 spiro atoms. The number of aromatic nitrogens is 4. The van der Waals surface area contributed by atoms with Crippen LogP contribution >= 0.6 is 0 Å². The number of rotatable bonds is 7. The molecule has 0 amide bonds. The Labute approximate surface area is 167 Å². The number of nitrogens with one attached hydrogen (secondary N) is 1. The predicted octanol–water partition coefficient (Wildman–Crippen LogP) is -0.317. The molecule has 1 aliphatic heterocycles. The molecule has 0 radical (unpaired) electrons. The molecule has 10 heteroatoms. The van der Waals surface area contributed by atoms with Crippen molar-refractivity contribution in [3.05, 3.63) is 29.8 Å². The maximum Gasteiger partial charge on any atom is 0.246 e. The van der Waals surface area contributed by atoms with Gasteiger partial charge >= 0.3 is 0 Å². The van der Waals surface area contributed by atoms with Crippen LogP contribution in [0.4, 0.5) is 5.95 Å². The fraction of sp³-hybridized carbons (Fsp3) is 0.611. The minimum absolute atomic E-state index is 0.354. The van der Waals surface area contributed by atoms with Crippen molar-refractivity contribution in [2.45, 2.75) is 39.3 Å². The van der Waals surface area contributed by atoms with Crippen molar-refractivity contribution >= 4 is 16.0 Å². The summed E-state index contributed by atoms with van der Waals surface area (Å²) in [4.78, 5) is 12.5. The number of aryl methyl sites for hydroxylation is 1. The van der Waals surface area contributed by atoms with Crippen LogP contribution in [0.15, 0.2) is 23.4 Å². The molecule has 3 rings (SSSR count). The van der Waals surface area contributed by atoms with Crippen LogP contribution in [0.1, 0.15) is 25.2 Å². The van der Waals surface area contributed by atoms with E-state index in [1.165, 1.54) is 9.21 Å². The lowest BCUT2D eigenvalue weighted by atomic mass is 10.3. The molecule has 1 fully saturated rings. The number of anilines is 1. The van der Waals surface area contributed by atoms with Gasteiger partial charge in [-0.3, -0.25) is 0 Å². The highest BCUT2D eigenvalue weighted by molar-refractivity contribution is 7.89. The molecule has 1 N–H and O–H groups in total. The molecule has 0 bridgehead atoms. The first-order chi connectivity index (χ1) is 13.4. The highest BCUT2D eigenvalue weighted by atomic mass is 32.2. The van der Waals surface area contributed by atoms with Crippen LogP contribution in [0.2, 0.25) is 0 Å². The third-order valence-corrected chi connectivity index (χ3v) is 7.60. The zero-order chi connectivity index (χ0) is 20.3. The summed E-state index contributed by atoms with van der Waals surface area (Å²) < 4.78 is 29.3. The van der Waals surface area contributed by atoms with Crippen molar-refractivity contribution in [2.75, 3.05) is 44.2 Å². The van der Waals surface area contributed by atoms with Crippen LogP contribution in [-0.4, -0.2) is 71.7 Å². The monoisotopic (exact) mass is 408 g/mol. The molecule has 28 heavy (non-hydrogen) atoms. The van der Waals surface area contributed by atoms with Crippen LogP contribution in [-0.2, 0) is 16.7 Å². The zero-order valence-corrected chi connectivity index (χ0v) is 17.9. The van der Waals surface area contributed by atoms with E-state index in [4.69, 9.17) is 0 Å². The Morgan fingerprint density at radius 1 is 1.11 bits per heavy atom. The van der Waals surface area contributed by atoms with E-state index in [9.17, 15) is 8.42 Å². The van der Waals surface area contributed by atoms with Gasteiger partial charge in [-0.15, -0.1) is 0 Å². The van der Waals surface area contributed by atoms with E-state index < -0.39 is 10.0 Å². The van der Waals surface area contributed by atoms with Gasteiger partial charge in [-0.1, -0.05) is 13.8 Å². The number of nitrogens with zero attached hydrogens (tertiary/aromatic N) is 6. The number of hydrogen-bond acceptors (Lipinski definition) is 6. The van der Waals surface area contributed by atoms with Crippen LogP contribution in [0.3, 0.4) is 0 Å². The van der Waals surface area contributed by atoms with E-state index in [0.29, 0.717) is 36.0 Å². The molecule has 2 aromatic rings. The molecule has 1 aliphatic rings. The highest BCUT2D eigenvalue weighted by Crippen LogP contribution is 2.23. The molecule has 2 aromatic heterocycles. The number of hydrogen-bond donors (Lipinski definition) is 1. The van der Waals surface area contributed by atoms with Gasteiger partial charge < -0.3 is 9.80 Å². The largest absolute Gasteiger partial charge is 0.330 e. The van der Waals surface area contributed by atoms with Gasteiger partial charge in [-0.25, -0.2) is 23.1 Å². The molecule has 0 atom stereocenters. The summed E-state index contributed by atoms with van der Waals surface area (Å²) in [6.07, 6.45) is 3.52. The first-order valence-corrected chi connectivity index (χ1v) is 11.2. The molecule has 3 heterocycles. The molecule has 0 aromatic carbocycles. The van der Waals surface area contributed by atoms with Gasteiger partial charge in [0.15, 0.2) is 6.67 Å². The maximum absolute atomic E-state index is 13.0. The van der Waals surface area contributed by atoms with Crippen molar-refractivity contribution in [3.63, 3.8) is 0 Å². The summed E-state index contributed by atoms with van der Waals surface area (Å²) in [6, 6.07) is 1.82. The summed E-state index contributed by atoms with van der Waals surface area (Å²) in [6.45, 7) is 12.5. The van der Waals surface area contributed by atoms with Crippen molar-refractivity contribution in [2.24, 2.45) is 0 Å². The number of sulfonamides is 1. The Morgan fingerprint density at radius 2 is 1.71 bits per heavy atom. The van der Waals surface area contributed by atoms with E-state index in [1.54, 1.807) is 19.3 Å². The fourth-order valence-corrected chi connectivity index (χ4v) is 5.58. The molecule has 154 valence electrons.